The van der Waals surface area contributed by atoms with Gasteiger partial charge >= 0.3 is 0 Å². The summed E-state index contributed by atoms with van der Waals surface area (Å²) in [5.41, 5.74) is 2.85. The summed E-state index contributed by atoms with van der Waals surface area (Å²) in [7, 11) is 2.10. The first-order chi connectivity index (χ1) is 8.28. The van der Waals surface area contributed by atoms with Crippen LogP contribution in [0.2, 0.25) is 0 Å². The SMILES string of the molecule is CNC1CCCC(SCc2cccc(C)c2)C1. The Hall–Kier alpha value is -0.470. The predicted octanol–water partition coefficient (Wildman–Crippen LogP) is 3.76. The van der Waals surface area contributed by atoms with Gasteiger partial charge < -0.3 is 5.32 Å². The molecule has 2 unspecified atom stereocenters. The van der Waals surface area contributed by atoms with Gasteiger partial charge in [0.2, 0.25) is 0 Å². The molecule has 1 aromatic rings. The topological polar surface area (TPSA) is 12.0 Å². The van der Waals surface area contributed by atoms with Gasteiger partial charge in [0.05, 0.1) is 0 Å². The lowest BCUT2D eigenvalue weighted by Crippen LogP contribution is -2.32. The molecule has 1 N–H and O–H groups in total. The molecule has 0 amide bonds. The minimum Gasteiger partial charge on any atom is -0.317 e. The van der Waals surface area contributed by atoms with Crippen LogP contribution in [0.1, 0.15) is 36.8 Å². The highest BCUT2D eigenvalue weighted by molar-refractivity contribution is 7.99. The predicted molar refractivity (Wildman–Crippen MR) is 77.6 cm³/mol. The molecule has 1 saturated carbocycles. The second-order valence-corrected chi connectivity index (χ2v) is 6.36. The van der Waals surface area contributed by atoms with Crippen molar-refractivity contribution in [2.24, 2.45) is 0 Å². The van der Waals surface area contributed by atoms with Crippen LogP contribution in [-0.2, 0) is 5.75 Å². The van der Waals surface area contributed by atoms with Crippen molar-refractivity contribution in [1.29, 1.82) is 0 Å². The zero-order valence-corrected chi connectivity index (χ0v) is 11.7. The van der Waals surface area contributed by atoms with Gasteiger partial charge in [-0.2, -0.15) is 11.8 Å². The Morgan fingerprint density at radius 1 is 1.35 bits per heavy atom. The summed E-state index contributed by atoms with van der Waals surface area (Å²) in [5.74, 6) is 1.17. The lowest BCUT2D eigenvalue weighted by molar-refractivity contribution is 0.402. The third-order valence-electron chi connectivity index (χ3n) is 3.60. The zero-order valence-electron chi connectivity index (χ0n) is 10.9. The molecule has 94 valence electrons. The van der Waals surface area contributed by atoms with Crippen molar-refractivity contribution in [2.45, 2.75) is 49.7 Å². The Balaban J connectivity index is 1.81. The summed E-state index contributed by atoms with van der Waals surface area (Å²) >= 11 is 2.14. The fourth-order valence-electron chi connectivity index (χ4n) is 2.57. The highest BCUT2D eigenvalue weighted by atomic mass is 32.2. The van der Waals surface area contributed by atoms with Crippen molar-refractivity contribution in [1.82, 2.24) is 5.32 Å². The maximum absolute atomic E-state index is 3.43. The first-order valence-corrected chi connectivity index (χ1v) is 7.67. The van der Waals surface area contributed by atoms with Crippen molar-refractivity contribution >= 4 is 11.8 Å². The zero-order chi connectivity index (χ0) is 12.1. The van der Waals surface area contributed by atoms with Crippen LogP contribution in [0.5, 0.6) is 0 Å². The van der Waals surface area contributed by atoms with Gasteiger partial charge in [0.15, 0.2) is 0 Å². The van der Waals surface area contributed by atoms with Gasteiger partial charge in [-0.15, -0.1) is 0 Å². The first kappa shape index (κ1) is 13.0. The normalized spacial score (nSPS) is 24.8. The second kappa shape index (κ2) is 6.46. The molecule has 0 aromatic heterocycles. The number of thioether (sulfide) groups is 1. The van der Waals surface area contributed by atoms with Gasteiger partial charge in [0, 0.05) is 17.0 Å². The fourth-order valence-corrected chi connectivity index (χ4v) is 3.88. The van der Waals surface area contributed by atoms with E-state index in [0.29, 0.717) is 0 Å². The van der Waals surface area contributed by atoms with Crippen LogP contribution in [0.4, 0.5) is 0 Å². The number of rotatable bonds is 4. The van der Waals surface area contributed by atoms with E-state index in [1.165, 1.54) is 42.6 Å². The van der Waals surface area contributed by atoms with E-state index in [2.05, 4.69) is 55.3 Å². The Bertz CT molecular complexity index is 351. The lowest BCUT2D eigenvalue weighted by Gasteiger charge is -2.28. The van der Waals surface area contributed by atoms with Crippen LogP contribution in [0.3, 0.4) is 0 Å². The molecule has 0 aliphatic heterocycles. The standard InChI is InChI=1S/C15H23NS/c1-12-5-3-6-13(9-12)11-17-15-8-4-7-14(10-15)16-2/h3,5-6,9,14-16H,4,7-8,10-11H2,1-2H3. The molecule has 1 fully saturated rings. The molecule has 0 saturated heterocycles. The van der Waals surface area contributed by atoms with Crippen LogP contribution in [0.25, 0.3) is 0 Å². The van der Waals surface area contributed by atoms with E-state index in [9.17, 15) is 0 Å². The number of nitrogens with one attached hydrogen (secondary N) is 1. The molecule has 2 atom stereocenters. The molecule has 0 heterocycles. The van der Waals surface area contributed by atoms with E-state index in [-0.39, 0.29) is 0 Å². The lowest BCUT2D eigenvalue weighted by atomic mass is 9.95. The Morgan fingerprint density at radius 3 is 3.00 bits per heavy atom. The molecule has 1 aliphatic rings. The van der Waals surface area contributed by atoms with Crippen LogP contribution < -0.4 is 5.32 Å². The third kappa shape index (κ3) is 4.04. The first-order valence-electron chi connectivity index (χ1n) is 6.62. The summed E-state index contributed by atoms with van der Waals surface area (Å²) in [6.45, 7) is 2.17. The molecule has 17 heavy (non-hydrogen) atoms. The molecular weight excluding hydrogens is 226 g/mol. The fraction of sp³-hybridized carbons (Fsp3) is 0.600. The third-order valence-corrected chi connectivity index (χ3v) is 5.00. The second-order valence-electron chi connectivity index (χ2n) is 5.07. The van der Waals surface area contributed by atoms with Gasteiger partial charge in [0.1, 0.15) is 0 Å². The minimum absolute atomic E-state index is 0.749. The number of hydrogen-bond acceptors (Lipinski definition) is 2. The van der Waals surface area contributed by atoms with Crippen LogP contribution in [0.15, 0.2) is 24.3 Å². The summed E-state index contributed by atoms with van der Waals surface area (Å²) < 4.78 is 0. The van der Waals surface area contributed by atoms with Gasteiger partial charge in [-0.1, -0.05) is 36.2 Å². The molecule has 0 bridgehead atoms. The van der Waals surface area contributed by atoms with Crippen molar-refractivity contribution in [3.63, 3.8) is 0 Å². The molecule has 1 aliphatic carbocycles. The van der Waals surface area contributed by atoms with E-state index >= 15 is 0 Å². The molecule has 2 rings (SSSR count). The average molecular weight is 249 g/mol. The maximum atomic E-state index is 3.43. The Morgan fingerprint density at radius 2 is 2.24 bits per heavy atom. The summed E-state index contributed by atoms with van der Waals surface area (Å²) in [6.07, 6.45) is 5.48. The Kier molecular flexibility index (Phi) is 4.93. The van der Waals surface area contributed by atoms with Crippen molar-refractivity contribution in [2.75, 3.05) is 7.05 Å². The number of aryl methyl sites for hydroxylation is 1. The molecular formula is C15H23NS. The highest BCUT2D eigenvalue weighted by Crippen LogP contribution is 2.30. The highest BCUT2D eigenvalue weighted by Gasteiger charge is 2.20. The number of benzene rings is 1. The average Bonchev–Trinajstić information content (AvgIpc) is 2.37. The summed E-state index contributed by atoms with van der Waals surface area (Å²) in [4.78, 5) is 0. The molecule has 0 spiro atoms. The monoisotopic (exact) mass is 249 g/mol. The van der Waals surface area contributed by atoms with E-state index in [0.717, 1.165) is 11.3 Å². The van der Waals surface area contributed by atoms with E-state index in [1.54, 1.807) is 0 Å². The van der Waals surface area contributed by atoms with Crippen LogP contribution in [-0.4, -0.2) is 18.3 Å². The maximum Gasteiger partial charge on any atom is 0.0187 e. The van der Waals surface area contributed by atoms with Crippen molar-refractivity contribution in [3.8, 4) is 0 Å². The summed E-state index contributed by atoms with van der Waals surface area (Å²) in [6, 6.07) is 9.65. The van der Waals surface area contributed by atoms with Gasteiger partial charge in [-0.25, -0.2) is 0 Å². The number of hydrogen-bond donors (Lipinski definition) is 1. The van der Waals surface area contributed by atoms with Gasteiger partial charge in [-0.3, -0.25) is 0 Å². The van der Waals surface area contributed by atoms with E-state index in [1.807, 2.05) is 0 Å². The largest absolute Gasteiger partial charge is 0.317 e. The van der Waals surface area contributed by atoms with Crippen molar-refractivity contribution in [3.05, 3.63) is 35.4 Å². The minimum atomic E-state index is 0.749. The van der Waals surface area contributed by atoms with Crippen LogP contribution >= 0.6 is 11.8 Å². The quantitative estimate of drug-likeness (QED) is 0.872. The van der Waals surface area contributed by atoms with E-state index in [4.69, 9.17) is 0 Å². The molecule has 0 radical (unpaired) electrons. The summed E-state index contributed by atoms with van der Waals surface area (Å²) in [5, 5.41) is 4.28. The molecule has 2 heteroatoms. The smallest absolute Gasteiger partial charge is 0.0187 e. The van der Waals surface area contributed by atoms with Gasteiger partial charge in [-0.05, 0) is 38.8 Å². The van der Waals surface area contributed by atoms with E-state index < -0.39 is 0 Å². The molecule has 1 nitrogen and oxygen atoms in total. The molecule has 1 aromatic carbocycles. The Labute approximate surface area is 109 Å². The van der Waals surface area contributed by atoms with Crippen LogP contribution in [0, 0.1) is 6.92 Å². The van der Waals surface area contributed by atoms with Gasteiger partial charge in [0.25, 0.3) is 0 Å². The van der Waals surface area contributed by atoms with Crippen molar-refractivity contribution < 1.29 is 0 Å².